The van der Waals surface area contributed by atoms with Gasteiger partial charge in [0.2, 0.25) is 0 Å². The number of benzene rings is 1. The van der Waals surface area contributed by atoms with Crippen LogP contribution in [-0.2, 0) is 33.3 Å². The Balaban J connectivity index is 1.79. The lowest BCUT2D eigenvalue weighted by Gasteiger charge is -2.46. The molecule has 0 aromatic heterocycles. The Labute approximate surface area is 294 Å². The standard InChI is InChI=1S/C40H63NO8/c1-36(2,3)47-33(42)30-27(19-16-20-28(30)41-24-40-22-21-26(39(40,10)11)23-29(40)45-12)31(34(43)48-37(4,5)6)32(25-17-14-13-15-18-25)46-35(44)49-38(7,8)9/h13-15,17-18,26-32,41H,16,19-24H2,1-12H3/t26-,27+,28-,29-,30-,31+,32-,40-/m1/s1. The van der Waals surface area contributed by atoms with Crippen LogP contribution < -0.4 is 5.32 Å². The van der Waals surface area contributed by atoms with E-state index in [0.717, 1.165) is 25.7 Å². The maximum Gasteiger partial charge on any atom is 0.509 e. The molecule has 1 aromatic rings. The molecule has 0 radical (unpaired) electrons. The summed E-state index contributed by atoms with van der Waals surface area (Å²) in [5.74, 6) is -2.60. The van der Waals surface area contributed by atoms with Gasteiger partial charge >= 0.3 is 18.1 Å². The average Bonchev–Trinajstić information content (AvgIpc) is 3.33. The van der Waals surface area contributed by atoms with E-state index in [0.29, 0.717) is 24.4 Å². The van der Waals surface area contributed by atoms with Gasteiger partial charge in [0.25, 0.3) is 0 Å². The molecule has 9 heteroatoms. The van der Waals surface area contributed by atoms with E-state index >= 15 is 0 Å². The molecule has 0 saturated heterocycles. The van der Waals surface area contributed by atoms with Crippen molar-refractivity contribution in [3.05, 3.63) is 35.9 Å². The first kappa shape index (κ1) is 39.1. The van der Waals surface area contributed by atoms with Crippen LogP contribution in [0.15, 0.2) is 30.3 Å². The van der Waals surface area contributed by atoms with E-state index in [1.165, 1.54) is 6.42 Å². The number of methoxy groups -OCH3 is 1. The van der Waals surface area contributed by atoms with E-state index in [9.17, 15) is 14.4 Å². The number of rotatable bonds is 10. The molecule has 2 bridgehead atoms. The highest BCUT2D eigenvalue weighted by molar-refractivity contribution is 5.79. The van der Waals surface area contributed by atoms with E-state index in [1.54, 1.807) is 20.8 Å². The summed E-state index contributed by atoms with van der Waals surface area (Å²) in [4.78, 5) is 42.3. The summed E-state index contributed by atoms with van der Waals surface area (Å²) in [7, 11) is 1.81. The fourth-order valence-electron chi connectivity index (χ4n) is 8.89. The normalized spacial score (nSPS) is 29.5. The number of esters is 2. The molecular weight excluding hydrogens is 622 g/mol. The summed E-state index contributed by atoms with van der Waals surface area (Å²) in [5, 5.41) is 3.88. The van der Waals surface area contributed by atoms with Gasteiger partial charge in [-0.3, -0.25) is 9.59 Å². The number of fused-ring (bicyclic) bond motifs is 2. The molecule has 1 aromatic carbocycles. The summed E-state index contributed by atoms with van der Waals surface area (Å²) in [6.45, 7) is 21.7. The Morgan fingerprint density at radius 2 is 1.47 bits per heavy atom. The number of hydrogen-bond donors (Lipinski definition) is 1. The molecule has 4 rings (SSSR count). The lowest BCUT2D eigenvalue weighted by Crippen LogP contribution is -2.56. The van der Waals surface area contributed by atoms with Gasteiger partial charge in [0.05, 0.1) is 12.0 Å². The van der Waals surface area contributed by atoms with Crippen molar-refractivity contribution in [2.45, 2.75) is 150 Å². The summed E-state index contributed by atoms with van der Waals surface area (Å²) >= 11 is 0. The Kier molecular flexibility index (Phi) is 11.6. The molecule has 0 heterocycles. The van der Waals surface area contributed by atoms with Gasteiger partial charge in [-0.1, -0.05) is 50.6 Å². The molecule has 3 fully saturated rings. The highest BCUT2D eigenvalue weighted by Gasteiger charge is 2.64. The van der Waals surface area contributed by atoms with Gasteiger partial charge < -0.3 is 29.0 Å². The van der Waals surface area contributed by atoms with Crippen molar-refractivity contribution in [3.8, 4) is 0 Å². The van der Waals surface area contributed by atoms with Crippen molar-refractivity contribution in [3.63, 3.8) is 0 Å². The molecule has 0 amide bonds. The summed E-state index contributed by atoms with van der Waals surface area (Å²) < 4.78 is 30.0. The number of carbonyl (C=O) groups excluding carboxylic acids is 3. The van der Waals surface area contributed by atoms with Gasteiger partial charge in [-0.15, -0.1) is 0 Å². The van der Waals surface area contributed by atoms with Crippen LogP contribution in [0.2, 0.25) is 0 Å². The zero-order valence-electron chi connectivity index (χ0n) is 32.1. The van der Waals surface area contributed by atoms with Crippen molar-refractivity contribution in [2.75, 3.05) is 13.7 Å². The Hall–Kier alpha value is -2.65. The van der Waals surface area contributed by atoms with Crippen LogP contribution in [0.5, 0.6) is 0 Å². The predicted octanol–water partition coefficient (Wildman–Crippen LogP) is 8.19. The molecule has 0 unspecified atom stereocenters. The lowest BCUT2D eigenvalue weighted by atomic mass is 9.66. The van der Waals surface area contributed by atoms with Crippen LogP contribution >= 0.6 is 0 Å². The van der Waals surface area contributed by atoms with Crippen molar-refractivity contribution in [2.24, 2.45) is 34.5 Å². The van der Waals surface area contributed by atoms with E-state index in [1.807, 2.05) is 79.0 Å². The molecular formula is C40H63NO8. The van der Waals surface area contributed by atoms with E-state index in [-0.39, 0.29) is 28.9 Å². The van der Waals surface area contributed by atoms with E-state index in [4.69, 9.17) is 23.7 Å². The molecule has 1 N–H and O–H groups in total. The smallest absolute Gasteiger partial charge is 0.460 e. The van der Waals surface area contributed by atoms with Crippen LogP contribution in [0, 0.1) is 34.5 Å². The third kappa shape index (κ3) is 8.99. The minimum atomic E-state index is -1.07. The Morgan fingerprint density at radius 3 is 2.02 bits per heavy atom. The van der Waals surface area contributed by atoms with Crippen LogP contribution in [0.25, 0.3) is 0 Å². The van der Waals surface area contributed by atoms with Gasteiger partial charge in [0, 0.05) is 25.1 Å². The highest BCUT2D eigenvalue weighted by Crippen LogP contribution is 2.66. The fraction of sp³-hybridized carbons (Fsp3) is 0.775. The quantitative estimate of drug-likeness (QED) is 0.193. The average molecular weight is 686 g/mol. The third-order valence-electron chi connectivity index (χ3n) is 11.2. The molecule has 3 aliphatic rings. The monoisotopic (exact) mass is 685 g/mol. The topological polar surface area (TPSA) is 109 Å². The highest BCUT2D eigenvalue weighted by atomic mass is 16.7. The molecule has 3 saturated carbocycles. The summed E-state index contributed by atoms with van der Waals surface area (Å²) in [5.41, 5.74) is -1.76. The number of nitrogens with one attached hydrogen (secondary N) is 1. The molecule has 0 aliphatic heterocycles. The van der Waals surface area contributed by atoms with Crippen molar-refractivity contribution >= 4 is 18.1 Å². The minimum absolute atomic E-state index is 0.0746. The first-order valence-electron chi connectivity index (χ1n) is 18.2. The van der Waals surface area contributed by atoms with Crippen LogP contribution in [0.3, 0.4) is 0 Å². The van der Waals surface area contributed by atoms with E-state index in [2.05, 4.69) is 19.2 Å². The molecule has 8 atom stereocenters. The van der Waals surface area contributed by atoms with Crippen molar-refractivity contribution < 1.29 is 38.1 Å². The second-order valence-electron chi connectivity index (χ2n) is 18.2. The first-order valence-corrected chi connectivity index (χ1v) is 18.2. The van der Waals surface area contributed by atoms with Gasteiger partial charge in [-0.25, -0.2) is 4.79 Å². The van der Waals surface area contributed by atoms with Crippen molar-refractivity contribution in [1.29, 1.82) is 0 Å². The fourth-order valence-corrected chi connectivity index (χ4v) is 8.89. The number of ether oxygens (including phenoxy) is 5. The Bertz CT molecular complexity index is 1310. The zero-order valence-corrected chi connectivity index (χ0v) is 32.1. The second kappa shape index (κ2) is 14.5. The molecule has 276 valence electrons. The predicted molar refractivity (Wildman–Crippen MR) is 189 cm³/mol. The summed E-state index contributed by atoms with van der Waals surface area (Å²) in [6.07, 6.45) is 3.49. The largest absolute Gasteiger partial charge is 0.509 e. The second-order valence-corrected chi connectivity index (χ2v) is 18.2. The lowest BCUT2D eigenvalue weighted by molar-refractivity contribution is -0.177. The Morgan fingerprint density at radius 1 is 0.857 bits per heavy atom. The zero-order chi connectivity index (χ0) is 36.6. The van der Waals surface area contributed by atoms with Crippen molar-refractivity contribution in [1.82, 2.24) is 5.32 Å². The molecule has 9 nitrogen and oxygen atoms in total. The number of hydrogen-bond acceptors (Lipinski definition) is 9. The van der Waals surface area contributed by atoms with Gasteiger partial charge in [-0.05, 0) is 117 Å². The first-order chi connectivity index (χ1) is 22.6. The van der Waals surface area contributed by atoms with Crippen LogP contribution in [0.1, 0.15) is 126 Å². The summed E-state index contributed by atoms with van der Waals surface area (Å²) in [6, 6.07) is 8.93. The third-order valence-corrected chi connectivity index (χ3v) is 11.2. The van der Waals surface area contributed by atoms with Gasteiger partial charge in [0.1, 0.15) is 28.8 Å². The van der Waals surface area contributed by atoms with Crippen LogP contribution in [-0.4, -0.2) is 60.7 Å². The minimum Gasteiger partial charge on any atom is -0.460 e. The maximum absolute atomic E-state index is 14.5. The number of carbonyl (C=O) groups is 3. The van der Waals surface area contributed by atoms with Gasteiger partial charge in [-0.2, -0.15) is 0 Å². The SMILES string of the molecule is CO[C@@H]1C[C@H]2CC[C@]1(CN[C@@H]1CCC[C@H]([C@H](C(=O)OC(C)(C)C)[C@H](OC(=O)OC(C)(C)C)c3ccccc3)[C@H]1C(=O)OC(C)(C)C)C2(C)C. The molecule has 0 spiro atoms. The molecule has 3 aliphatic carbocycles. The molecule has 49 heavy (non-hydrogen) atoms. The maximum atomic E-state index is 14.5. The van der Waals surface area contributed by atoms with E-state index < -0.39 is 52.8 Å². The van der Waals surface area contributed by atoms with Gasteiger partial charge in [0.15, 0.2) is 0 Å². The van der Waals surface area contributed by atoms with Crippen LogP contribution in [0.4, 0.5) is 4.79 Å².